The summed E-state index contributed by atoms with van der Waals surface area (Å²) in [5.41, 5.74) is 2.23. The van der Waals surface area contributed by atoms with E-state index in [1.807, 2.05) is 26.1 Å². The molecule has 1 aliphatic rings. The number of nitrogens with zero attached hydrogens (tertiary/aromatic N) is 4. The number of likely N-dealkylation sites (tertiary alicyclic amines) is 1. The minimum Gasteiger partial charge on any atom is -0.478 e. The first-order valence-corrected chi connectivity index (χ1v) is 9.02. The van der Waals surface area contributed by atoms with Crippen molar-refractivity contribution in [2.75, 3.05) is 25.0 Å². The van der Waals surface area contributed by atoms with E-state index >= 15 is 0 Å². The molecule has 7 nitrogen and oxygen atoms in total. The van der Waals surface area contributed by atoms with Crippen molar-refractivity contribution in [1.29, 1.82) is 0 Å². The standard InChI is InChI=1S/C20H24N4O3/c1-13-10-15(12-16(11-13)20(26)27)19(25)24-8-6-17(7-9-24)23(3)18-5-4-14(2)21-22-18/h4-5,10-12,17H,6-9H2,1-3H3,(H,26,27). The van der Waals surface area contributed by atoms with Crippen molar-refractivity contribution >= 4 is 17.7 Å². The van der Waals surface area contributed by atoms with E-state index in [1.165, 1.54) is 6.07 Å². The summed E-state index contributed by atoms with van der Waals surface area (Å²) in [6.45, 7) is 4.96. The van der Waals surface area contributed by atoms with Gasteiger partial charge in [-0.1, -0.05) is 0 Å². The molecule has 1 fully saturated rings. The maximum Gasteiger partial charge on any atom is 0.335 e. The third-order valence-corrected chi connectivity index (χ3v) is 5.02. The second kappa shape index (κ2) is 7.73. The van der Waals surface area contributed by atoms with Crippen molar-refractivity contribution in [3.05, 3.63) is 52.7 Å². The Bertz CT molecular complexity index is 843. The van der Waals surface area contributed by atoms with Crippen LogP contribution in [0.25, 0.3) is 0 Å². The Morgan fingerprint density at radius 1 is 1.07 bits per heavy atom. The van der Waals surface area contributed by atoms with Crippen molar-refractivity contribution in [3.8, 4) is 0 Å². The summed E-state index contributed by atoms with van der Waals surface area (Å²) in [7, 11) is 2.00. The average Bonchev–Trinajstić information content (AvgIpc) is 2.67. The number of aromatic nitrogens is 2. The lowest BCUT2D eigenvalue weighted by Gasteiger charge is -2.37. The third kappa shape index (κ3) is 4.24. The molecule has 1 saturated heterocycles. The smallest absolute Gasteiger partial charge is 0.335 e. The Kier molecular flexibility index (Phi) is 5.39. The Morgan fingerprint density at radius 2 is 1.74 bits per heavy atom. The normalized spacial score (nSPS) is 14.9. The highest BCUT2D eigenvalue weighted by Crippen LogP contribution is 2.22. The lowest BCUT2D eigenvalue weighted by molar-refractivity contribution is 0.0696. The summed E-state index contributed by atoms with van der Waals surface area (Å²) in [6.07, 6.45) is 1.66. The highest BCUT2D eigenvalue weighted by Gasteiger charge is 2.27. The molecule has 0 spiro atoms. The van der Waals surface area contributed by atoms with E-state index in [0.29, 0.717) is 18.7 Å². The van der Waals surface area contributed by atoms with Gasteiger partial charge in [0, 0.05) is 31.7 Å². The van der Waals surface area contributed by atoms with E-state index in [4.69, 9.17) is 0 Å². The summed E-state index contributed by atoms with van der Waals surface area (Å²) in [4.78, 5) is 28.0. The first-order valence-electron chi connectivity index (χ1n) is 9.02. The van der Waals surface area contributed by atoms with Gasteiger partial charge in [0.25, 0.3) is 5.91 Å². The number of carboxylic acids is 1. The van der Waals surface area contributed by atoms with Gasteiger partial charge in [0.1, 0.15) is 0 Å². The van der Waals surface area contributed by atoms with Gasteiger partial charge in [-0.25, -0.2) is 4.79 Å². The Morgan fingerprint density at radius 3 is 2.33 bits per heavy atom. The monoisotopic (exact) mass is 368 g/mol. The molecule has 1 amide bonds. The van der Waals surface area contributed by atoms with Crippen LogP contribution in [0.15, 0.2) is 30.3 Å². The van der Waals surface area contributed by atoms with Crippen molar-refractivity contribution in [2.24, 2.45) is 0 Å². The number of aryl methyl sites for hydroxylation is 2. The minimum atomic E-state index is -1.02. The number of rotatable bonds is 4. The van der Waals surface area contributed by atoms with Crippen LogP contribution in [0.2, 0.25) is 0 Å². The van der Waals surface area contributed by atoms with E-state index in [2.05, 4.69) is 15.1 Å². The fourth-order valence-corrected chi connectivity index (χ4v) is 3.44. The molecule has 1 aromatic heterocycles. The maximum absolute atomic E-state index is 12.8. The van der Waals surface area contributed by atoms with Crippen LogP contribution >= 0.6 is 0 Å². The van der Waals surface area contributed by atoms with Crippen molar-refractivity contribution in [3.63, 3.8) is 0 Å². The number of hydrogen-bond donors (Lipinski definition) is 1. The molecule has 0 unspecified atom stereocenters. The predicted molar refractivity (Wildman–Crippen MR) is 102 cm³/mol. The fraction of sp³-hybridized carbons (Fsp3) is 0.400. The van der Waals surface area contributed by atoms with Crippen LogP contribution in [0.5, 0.6) is 0 Å². The fourth-order valence-electron chi connectivity index (χ4n) is 3.44. The summed E-state index contributed by atoms with van der Waals surface area (Å²) in [6, 6.07) is 8.96. The zero-order valence-electron chi connectivity index (χ0n) is 15.8. The number of benzene rings is 1. The molecule has 1 N–H and O–H groups in total. The van der Waals surface area contributed by atoms with Crippen molar-refractivity contribution in [2.45, 2.75) is 32.7 Å². The van der Waals surface area contributed by atoms with Crippen LogP contribution in [0, 0.1) is 13.8 Å². The first-order chi connectivity index (χ1) is 12.8. The third-order valence-electron chi connectivity index (χ3n) is 5.02. The summed E-state index contributed by atoms with van der Waals surface area (Å²) in [5, 5.41) is 17.5. The minimum absolute atomic E-state index is 0.113. The van der Waals surface area contributed by atoms with Gasteiger partial charge < -0.3 is 14.9 Å². The highest BCUT2D eigenvalue weighted by molar-refractivity contribution is 5.97. The number of carbonyl (C=O) groups excluding carboxylic acids is 1. The molecule has 3 rings (SSSR count). The molecule has 0 bridgehead atoms. The van der Waals surface area contributed by atoms with E-state index in [9.17, 15) is 14.7 Å². The number of anilines is 1. The lowest BCUT2D eigenvalue weighted by atomic mass is 10.0. The van der Waals surface area contributed by atoms with Crippen LogP contribution < -0.4 is 4.90 Å². The van der Waals surface area contributed by atoms with E-state index in [0.717, 1.165) is 29.9 Å². The van der Waals surface area contributed by atoms with Crippen LogP contribution in [0.3, 0.4) is 0 Å². The van der Waals surface area contributed by atoms with Crippen molar-refractivity contribution in [1.82, 2.24) is 15.1 Å². The number of carbonyl (C=O) groups is 2. The molecule has 7 heteroatoms. The van der Waals surface area contributed by atoms with E-state index in [-0.39, 0.29) is 17.5 Å². The SMILES string of the molecule is Cc1cc(C(=O)O)cc(C(=O)N2CCC(N(C)c3ccc(C)nn3)CC2)c1. The van der Waals surface area contributed by atoms with Crippen molar-refractivity contribution < 1.29 is 14.7 Å². The maximum atomic E-state index is 12.8. The van der Waals surface area contributed by atoms with Crippen LogP contribution in [0.4, 0.5) is 5.82 Å². The molecular formula is C20H24N4O3. The Labute approximate surface area is 158 Å². The summed E-state index contributed by atoms with van der Waals surface area (Å²) in [5.74, 6) is -0.306. The van der Waals surface area contributed by atoms with Gasteiger partial charge in [0.15, 0.2) is 5.82 Å². The summed E-state index contributed by atoms with van der Waals surface area (Å²) >= 11 is 0. The van der Waals surface area contributed by atoms with Gasteiger partial charge in [-0.2, -0.15) is 5.10 Å². The van der Waals surface area contributed by atoms with Crippen LogP contribution in [-0.4, -0.2) is 58.3 Å². The molecule has 1 aromatic carbocycles. The number of amides is 1. The molecule has 0 saturated carbocycles. The van der Waals surface area contributed by atoms with Gasteiger partial charge >= 0.3 is 5.97 Å². The second-order valence-corrected chi connectivity index (χ2v) is 7.06. The molecule has 142 valence electrons. The molecule has 0 radical (unpaired) electrons. The molecule has 27 heavy (non-hydrogen) atoms. The second-order valence-electron chi connectivity index (χ2n) is 7.06. The predicted octanol–water partition coefficient (Wildman–Crippen LogP) is 2.53. The van der Waals surface area contributed by atoms with Crippen LogP contribution in [-0.2, 0) is 0 Å². The molecule has 0 aliphatic carbocycles. The molecule has 2 heterocycles. The largest absolute Gasteiger partial charge is 0.478 e. The Hall–Kier alpha value is -2.96. The average molecular weight is 368 g/mol. The lowest BCUT2D eigenvalue weighted by Crippen LogP contribution is -2.46. The zero-order valence-corrected chi connectivity index (χ0v) is 15.8. The van der Waals surface area contributed by atoms with Gasteiger partial charge in [-0.15, -0.1) is 5.10 Å². The van der Waals surface area contributed by atoms with Gasteiger partial charge in [0.2, 0.25) is 0 Å². The van der Waals surface area contributed by atoms with Gasteiger partial charge in [0.05, 0.1) is 11.3 Å². The van der Waals surface area contributed by atoms with Gasteiger partial charge in [-0.05, 0) is 62.6 Å². The summed E-state index contributed by atoms with van der Waals surface area (Å²) < 4.78 is 0. The first kappa shape index (κ1) is 18.8. The molecule has 2 aromatic rings. The van der Waals surface area contributed by atoms with Gasteiger partial charge in [-0.3, -0.25) is 4.79 Å². The number of piperidine rings is 1. The Balaban J connectivity index is 1.66. The molecular weight excluding hydrogens is 344 g/mol. The number of aromatic carboxylic acids is 1. The quantitative estimate of drug-likeness (QED) is 0.892. The zero-order chi connectivity index (χ0) is 19.6. The number of hydrogen-bond acceptors (Lipinski definition) is 5. The molecule has 1 aliphatic heterocycles. The molecule has 0 atom stereocenters. The highest BCUT2D eigenvalue weighted by atomic mass is 16.4. The van der Waals surface area contributed by atoms with E-state index in [1.54, 1.807) is 24.0 Å². The van der Waals surface area contributed by atoms with E-state index < -0.39 is 5.97 Å². The van der Waals surface area contributed by atoms with Crippen LogP contribution in [0.1, 0.15) is 44.8 Å². The number of carboxylic acid groups (broad SMARTS) is 1. The topological polar surface area (TPSA) is 86.6 Å².